The van der Waals surface area contributed by atoms with Crippen molar-refractivity contribution in [2.45, 2.75) is 6.54 Å². The molecule has 3 N–H and O–H groups in total. The van der Waals surface area contributed by atoms with Crippen LogP contribution in [-0.4, -0.2) is 11.9 Å². The van der Waals surface area contributed by atoms with Crippen LogP contribution in [0, 0.1) is 5.41 Å². The van der Waals surface area contributed by atoms with Crippen molar-refractivity contribution in [3.8, 4) is 0 Å². The summed E-state index contributed by atoms with van der Waals surface area (Å²) in [6.07, 6.45) is 0. The lowest BCUT2D eigenvalue weighted by molar-refractivity contribution is 0.0975. The lowest BCUT2D eigenvalue weighted by atomic mass is 10.2. The molecule has 0 spiro atoms. The minimum atomic E-state index is -0.417. The van der Waals surface area contributed by atoms with Gasteiger partial charge in [-0.3, -0.25) is 15.5 Å². The number of rotatable bonds is 3. The first-order valence-corrected chi connectivity index (χ1v) is 6.94. The fraction of sp³-hybridized carbons (Fsp3) is 0.0667. The molecule has 4 nitrogen and oxygen atoms in total. The fourth-order valence-electron chi connectivity index (χ4n) is 1.65. The summed E-state index contributed by atoms with van der Waals surface area (Å²) < 4.78 is 0. The Morgan fingerprint density at radius 3 is 2.43 bits per heavy atom. The molecule has 0 aliphatic heterocycles. The molecule has 2 aromatic rings. The highest BCUT2D eigenvalue weighted by Gasteiger charge is 2.09. The highest BCUT2D eigenvalue weighted by molar-refractivity contribution is 6.42. The van der Waals surface area contributed by atoms with Crippen molar-refractivity contribution in [2.75, 3.05) is 0 Å². The highest BCUT2D eigenvalue weighted by Crippen LogP contribution is 2.22. The topological polar surface area (TPSA) is 65.0 Å². The minimum Gasteiger partial charge on any atom is -0.352 e. The third-order valence-corrected chi connectivity index (χ3v) is 3.47. The van der Waals surface area contributed by atoms with E-state index in [1.165, 1.54) is 6.07 Å². The molecule has 0 radical (unpaired) electrons. The third-order valence-electron chi connectivity index (χ3n) is 2.73. The van der Waals surface area contributed by atoms with Gasteiger partial charge in [-0.05, 0) is 23.8 Å². The van der Waals surface area contributed by atoms with Gasteiger partial charge in [0.25, 0.3) is 5.91 Å². The van der Waals surface area contributed by atoms with E-state index in [0.717, 1.165) is 5.56 Å². The van der Waals surface area contributed by atoms with Gasteiger partial charge in [-0.1, -0.05) is 53.5 Å². The SMILES string of the molecule is N=C(NCc1ccccc1)NC(=O)c1ccc(Cl)c(Cl)c1. The summed E-state index contributed by atoms with van der Waals surface area (Å²) >= 11 is 11.6. The summed E-state index contributed by atoms with van der Waals surface area (Å²) in [4.78, 5) is 11.9. The second-order valence-electron chi connectivity index (χ2n) is 4.30. The van der Waals surface area contributed by atoms with Gasteiger partial charge in [0.05, 0.1) is 10.0 Å². The lowest BCUT2D eigenvalue weighted by Crippen LogP contribution is -2.39. The van der Waals surface area contributed by atoms with E-state index in [9.17, 15) is 4.79 Å². The summed E-state index contributed by atoms with van der Waals surface area (Å²) in [5.41, 5.74) is 1.36. The molecule has 0 unspecified atom stereocenters. The number of halogens is 2. The third kappa shape index (κ3) is 4.48. The van der Waals surface area contributed by atoms with Crippen LogP contribution in [0.25, 0.3) is 0 Å². The van der Waals surface area contributed by atoms with Crippen molar-refractivity contribution in [3.63, 3.8) is 0 Å². The maximum atomic E-state index is 11.9. The monoisotopic (exact) mass is 321 g/mol. The van der Waals surface area contributed by atoms with Crippen molar-refractivity contribution in [3.05, 3.63) is 69.7 Å². The predicted octanol–water partition coefficient (Wildman–Crippen LogP) is 3.45. The largest absolute Gasteiger partial charge is 0.352 e. The Labute approximate surface area is 132 Å². The summed E-state index contributed by atoms with van der Waals surface area (Å²) in [6, 6.07) is 14.2. The molecule has 0 saturated heterocycles. The second-order valence-corrected chi connectivity index (χ2v) is 5.11. The number of hydrogen-bond acceptors (Lipinski definition) is 2. The van der Waals surface area contributed by atoms with Crippen LogP contribution in [0.3, 0.4) is 0 Å². The molecule has 0 aromatic heterocycles. The number of nitrogens with one attached hydrogen (secondary N) is 3. The van der Waals surface area contributed by atoms with Crippen LogP contribution in [-0.2, 0) is 6.54 Å². The van der Waals surface area contributed by atoms with Crippen LogP contribution in [0.2, 0.25) is 10.0 Å². The molecular weight excluding hydrogens is 309 g/mol. The Balaban J connectivity index is 1.90. The average molecular weight is 322 g/mol. The molecule has 108 valence electrons. The Morgan fingerprint density at radius 1 is 1.05 bits per heavy atom. The fourth-order valence-corrected chi connectivity index (χ4v) is 1.95. The first kappa shape index (κ1) is 15.4. The predicted molar refractivity (Wildman–Crippen MR) is 84.9 cm³/mol. The summed E-state index contributed by atoms with van der Waals surface area (Å²) in [6.45, 7) is 0.460. The zero-order chi connectivity index (χ0) is 15.2. The van der Waals surface area contributed by atoms with Crippen LogP contribution in [0.15, 0.2) is 48.5 Å². The summed E-state index contributed by atoms with van der Waals surface area (Å²) in [7, 11) is 0. The molecule has 0 aliphatic rings. The van der Waals surface area contributed by atoms with E-state index in [2.05, 4.69) is 10.6 Å². The van der Waals surface area contributed by atoms with Crippen LogP contribution in [0.1, 0.15) is 15.9 Å². The molecule has 0 saturated carbocycles. The van der Waals surface area contributed by atoms with Crippen LogP contribution >= 0.6 is 23.2 Å². The van der Waals surface area contributed by atoms with E-state index in [0.29, 0.717) is 22.2 Å². The van der Waals surface area contributed by atoms with Crippen molar-refractivity contribution in [2.24, 2.45) is 0 Å². The zero-order valence-electron chi connectivity index (χ0n) is 11.0. The molecule has 2 rings (SSSR count). The van der Waals surface area contributed by atoms with E-state index in [1.807, 2.05) is 30.3 Å². The van der Waals surface area contributed by atoms with Gasteiger partial charge in [0.15, 0.2) is 5.96 Å². The maximum Gasteiger partial charge on any atom is 0.257 e. The Kier molecular flexibility index (Phi) is 5.20. The maximum absolute atomic E-state index is 11.9. The highest BCUT2D eigenvalue weighted by atomic mass is 35.5. The molecule has 0 fully saturated rings. The number of guanidine groups is 1. The molecule has 21 heavy (non-hydrogen) atoms. The Morgan fingerprint density at radius 2 is 1.76 bits per heavy atom. The van der Waals surface area contributed by atoms with Crippen LogP contribution in [0.4, 0.5) is 0 Å². The summed E-state index contributed by atoms with van der Waals surface area (Å²) in [5, 5.41) is 13.7. The van der Waals surface area contributed by atoms with Gasteiger partial charge in [-0.15, -0.1) is 0 Å². The lowest BCUT2D eigenvalue weighted by Gasteiger charge is -2.10. The molecule has 0 bridgehead atoms. The first-order valence-electron chi connectivity index (χ1n) is 6.19. The van der Waals surface area contributed by atoms with E-state index in [4.69, 9.17) is 28.6 Å². The van der Waals surface area contributed by atoms with Gasteiger partial charge in [-0.2, -0.15) is 0 Å². The molecule has 0 aliphatic carbocycles. The second kappa shape index (κ2) is 7.11. The van der Waals surface area contributed by atoms with Crippen molar-refractivity contribution < 1.29 is 4.79 Å². The van der Waals surface area contributed by atoms with Gasteiger partial charge in [0.1, 0.15) is 0 Å². The Bertz CT molecular complexity index is 659. The van der Waals surface area contributed by atoms with Gasteiger partial charge < -0.3 is 5.32 Å². The van der Waals surface area contributed by atoms with E-state index in [1.54, 1.807) is 12.1 Å². The van der Waals surface area contributed by atoms with Gasteiger partial charge in [0, 0.05) is 12.1 Å². The standard InChI is InChI=1S/C15H13Cl2N3O/c16-12-7-6-11(8-13(12)17)14(21)20-15(18)19-9-10-4-2-1-3-5-10/h1-8H,9H2,(H3,18,19,20,21). The molecule has 0 atom stereocenters. The van der Waals surface area contributed by atoms with Crippen molar-refractivity contribution in [1.82, 2.24) is 10.6 Å². The van der Waals surface area contributed by atoms with Crippen LogP contribution < -0.4 is 10.6 Å². The van der Waals surface area contributed by atoms with Gasteiger partial charge >= 0.3 is 0 Å². The van der Waals surface area contributed by atoms with Crippen molar-refractivity contribution >= 4 is 35.1 Å². The quantitative estimate of drug-likeness (QED) is 0.599. The van der Waals surface area contributed by atoms with E-state index < -0.39 is 5.91 Å². The molecule has 0 heterocycles. The van der Waals surface area contributed by atoms with E-state index >= 15 is 0 Å². The first-order chi connectivity index (χ1) is 10.1. The number of carbonyl (C=O) groups excluding carboxylic acids is 1. The van der Waals surface area contributed by atoms with Gasteiger partial charge in [-0.25, -0.2) is 0 Å². The number of amides is 1. The van der Waals surface area contributed by atoms with Crippen LogP contribution in [0.5, 0.6) is 0 Å². The van der Waals surface area contributed by atoms with Gasteiger partial charge in [0.2, 0.25) is 0 Å². The number of hydrogen-bond donors (Lipinski definition) is 3. The Hall–Kier alpha value is -2.04. The molecule has 2 aromatic carbocycles. The average Bonchev–Trinajstić information content (AvgIpc) is 2.49. The summed E-state index contributed by atoms with van der Waals surface area (Å²) in [5.74, 6) is -0.492. The van der Waals surface area contributed by atoms with E-state index in [-0.39, 0.29) is 5.96 Å². The molecule has 6 heteroatoms. The smallest absolute Gasteiger partial charge is 0.257 e. The molecular formula is C15H13Cl2N3O. The van der Waals surface area contributed by atoms with Crippen molar-refractivity contribution in [1.29, 1.82) is 5.41 Å². The minimum absolute atomic E-state index is 0.0741. The molecule has 1 amide bonds. The normalized spacial score (nSPS) is 10.0. The number of carbonyl (C=O) groups is 1. The zero-order valence-corrected chi connectivity index (χ0v) is 12.5. The number of benzene rings is 2.